The molecule has 2 unspecified atom stereocenters. The predicted octanol–water partition coefficient (Wildman–Crippen LogP) is 2.44. The van der Waals surface area contributed by atoms with E-state index in [0.29, 0.717) is 11.4 Å². The van der Waals surface area contributed by atoms with Gasteiger partial charge >= 0.3 is 5.97 Å². The molecule has 1 aromatic rings. The van der Waals surface area contributed by atoms with Gasteiger partial charge in [0.25, 0.3) is 0 Å². The summed E-state index contributed by atoms with van der Waals surface area (Å²) in [5.41, 5.74) is -0.212. The van der Waals surface area contributed by atoms with Crippen LogP contribution in [-0.4, -0.2) is 23.8 Å². The van der Waals surface area contributed by atoms with Gasteiger partial charge in [0.15, 0.2) is 0 Å². The normalized spacial score (nSPS) is 16.1. The molecular formula is C13H17ClO3. The zero-order valence-corrected chi connectivity index (χ0v) is 11.0. The summed E-state index contributed by atoms with van der Waals surface area (Å²) in [5, 5.41) is 10.9. The number of carbonyl (C=O) groups is 1. The first kappa shape index (κ1) is 14.0. The van der Waals surface area contributed by atoms with Crippen LogP contribution in [0.15, 0.2) is 24.3 Å². The van der Waals surface area contributed by atoms with Crippen LogP contribution in [0.4, 0.5) is 0 Å². The van der Waals surface area contributed by atoms with Crippen LogP contribution >= 0.6 is 11.6 Å². The Morgan fingerprint density at radius 2 is 2.00 bits per heavy atom. The van der Waals surface area contributed by atoms with E-state index in [-0.39, 0.29) is 0 Å². The number of rotatable bonds is 4. The fourth-order valence-corrected chi connectivity index (χ4v) is 1.73. The molecule has 0 heterocycles. The highest BCUT2D eigenvalue weighted by atomic mass is 35.5. The quantitative estimate of drug-likeness (QED) is 0.842. The maximum atomic E-state index is 11.4. The van der Waals surface area contributed by atoms with Crippen molar-refractivity contribution in [1.82, 2.24) is 0 Å². The lowest BCUT2D eigenvalue weighted by Gasteiger charge is -2.28. The van der Waals surface area contributed by atoms with Crippen molar-refractivity contribution >= 4 is 17.6 Å². The lowest BCUT2D eigenvalue weighted by molar-refractivity contribution is -0.153. The smallest absolute Gasteiger partial charge is 0.311 e. The van der Waals surface area contributed by atoms with Crippen LogP contribution in [0.5, 0.6) is 0 Å². The number of halogens is 1. The third kappa shape index (κ3) is 3.72. The molecule has 2 atom stereocenters. The third-order valence-electron chi connectivity index (χ3n) is 2.96. The van der Waals surface area contributed by atoms with Gasteiger partial charge in [-0.3, -0.25) is 4.79 Å². The number of aliphatic hydroxyl groups is 1. The first-order valence-electron chi connectivity index (χ1n) is 5.41. The zero-order valence-electron chi connectivity index (χ0n) is 10.2. The van der Waals surface area contributed by atoms with Gasteiger partial charge in [0.1, 0.15) is 0 Å². The number of ether oxygens (including phenoxy) is 1. The van der Waals surface area contributed by atoms with Crippen LogP contribution in [0.2, 0.25) is 5.02 Å². The number of esters is 1. The summed E-state index contributed by atoms with van der Waals surface area (Å²) in [7, 11) is 1.32. The van der Waals surface area contributed by atoms with Crippen LogP contribution < -0.4 is 0 Å². The van der Waals surface area contributed by atoms with Gasteiger partial charge in [0.2, 0.25) is 0 Å². The minimum absolute atomic E-state index is 0.375. The van der Waals surface area contributed by atoms with Crippen molar-refractivity contribution in [2.24, 2.45) is 5.92 Å². The van der Waals surface area contributed by atoms with Crippen molar-refractivity contribution in [3.63, 3.8) is 0 Å². The van der Waals surface area contributed by atoms with Crippen LogP contribution in [0.3, 0.4) is 0 Å². The van der Waals surface area contributed by atoms with E-state index in [2.05, 4.69) is 4.74 Å². The van der Waals surface area contributed by atoms with Crippen LogP contribution in [0.25, 0.3) is 0 Å². The Hall–Kier alpha value is -1.06. The van der Waals surface area contributed by atoms with Crippen molar-refractivity contribution in [3.8, 4) is 0 Å². The summed E-state index contributed by atoms with van der Waals surface area (Å²) in [6.45, 7) is 3.28. The first-order valence-corrected chi connectivity index (χ1v) is 5.79. The molecule has 4 heteroatoms. The molecule has 1 rings (SSSR count). The molecule has 17 heavy (non-hydrogen) atoms. The molecular weight excluding hydrogens is 240 g/mol. The summed E-state index contributed by atoms with van der Waals surface area (Å²) >= 11 is 5.78. The summed E-state index contributed by atoms with van der Waals surface area (Å²) in [6, 6.07) is 7.19. The van der Waals surface area contributed by atoms with Crippen molar-refractivity contribution in [1.29, 1.82) is 0 Å². The van der Waals surface area contributed by atoms with Gasteiger partial charge in [-0.2, -0.15) is 0 Å². The first-order chi connectivity index (χ1) is 7.86. The number of hydrogen-bond acceptors (Lipinski definition) is 3. The van der Waals surface area contributed by atoms with Gasteiger partial charge in [0.05, 0.1) is 18.6 Å². The Bertz CT molecular complexity index is 384. The number of methoxy groups -OCH3 is 1. The Morgan fingerprint density at radius 1 is 1.47 bits per heavy atom. The molecule has 1 N–H and O–H groups in total. The number of hydrogen-bond donors (Lipinski definition) is 1. The predicted molar refractivity (Wildman–Crippen MR) is 67.0 cm³/mol. The topological polar surface area (TPSA) is 46.5 Å². The third-order valence-corrected chi connectivity index (χ3v) is 3.21. The van der Waals surface area contributed by atoms with E-state index in [9.17, 15) is 9.90 Å². The zero-order chi connectivity index (χ0) is 13.1. The molecule has 0 fully saturated rings. The van der Waals surface area contributed by atoms with E-state index < -0.39 is 17.5 Å². The second-order valence-corrected chi connectivity index (χ2v) is 4.84. The number of benzene rings is 1. The van der Waals surface area contributed by atoms with Crippen molar-refractivity contribution < 1.29 is 14.6 Å². The second-order valence-electron chi connectivity index (χ2n) is 4.41. The van der Waals surface area contributed by atoms with E-state index in [1.54, 1.807) is 26.0 Å². The van der Waals surface area contributed by atoms with Gasteiger partial charge in [-0.05, 0) is 31.5 Å². The largest absolute Gasteiger partial charge is 0.469 e. The molecule has 0 amide bonds. The lowest BCUT2D eigenvalue weighted by atomic mass is 9.85. The number of carbonyl (C=O) groups excluding carboxylic acids is 1. The molecule has 0 bridgehead atoms. The highest BCUT2D eigenvalue weighted by molar-refractivity contribution is 6.30. The van der Waals surface area contributed by atoms with Gasteiger partial charge in [0, 0.05) is 11.4 Å². The standard InChI is InChI=1S/C13H17ClO3/c1-9(12(15)17-3)13(2,16)8-10-4-6-11(14)7-5-10/h4-7,9,16H,8H2,1-3H3. The van der Waals surface area contributed by atoms with Gasteiger partial charge in [-0.25, -0.2) is 0 Å². The lowest BCUT2D eigenvalue weighted by Crippen LogP contribution is -2.40. The second kappa shape index (κ2) is 5.52. The fraction of sp³-hybridized carbons (Fsp3) is 0.462. The van der Waals surface area contributed by atoms with E-state index in [1.807, 2.05) is 12.1 Å². The van der Waals surface area contributed by atoms with Gasteiger partial charge in [-0.1, -0.05) is 23.7 Å². The molecule has 0 aliphatic heterocycles. The molecule has 0 saturated heterocycles. The van der Waals surface area contributed by atoms with E-state index in [4.69, 9.17) is 11.6 Å². The van der Waals surface area contributed by atoms with Gasteiger partial charge < -0.3 is 9.84 Å². The average molecular weight is 257 g/mol. The highest BCUT2D eigenvalue weighted by Gasteiger charge is 2.34. The van der Waals surface area contributed by atoms with E-state index in [1.165, 1.54) is 7.11 Å². The summed E-state index contributed by atoms with van der Waals surface area (Å²) in [6.07, 6.45) is 0.375. The molecule has 0 saturated carbocycles. The maximum absolute atomic E-state index is 11.4. The molecule has 0 aliphatic rings. The van der Waals surface area contributed by atoms with Crippen molar-refractivity contribution in [2.45, 2.75) is 25.9 Å². The molecule has 0 aromatic heterocycles. The SMILES string of the molecule is COC(=O)C(C)C(C)(O)Cc1ccc(Cl)cc1. The summed E-state index contributed by atoms with van der Waals surface area (Å²) < 4.78 is 4.64. The van der Waals surface area contributed by atoms with E-state index >= 15 is 0 Å². The minimum Gasteiger partial charge on any atom is -0.469 e. The molecule has 94 valence electrons. The van der Waals surface area contributed by atoms with Crippen molar-refractivity contribution in [3.05, 3.63) is 34.9 Å². The highest BCUT2D eigenvalue weighted by Crippen LogP contribution is 2.24. The Balaban J connectivity index is 2.78. The molecule has 0 spiro atoms. The van der Waals surface area contributed by atoms with E-state index in [0.717, 1.165) is 5.56 Å². The van der Waals surface area contributed by atoms with Crippen molar-refractivity contribution in [2.75, 3.05) is 7.11 Å². The maximum Gasteiger partial charge on any atom is 0.311 e. The molecule has 3 nitrogen and oxygen atoms in total. The minimum atomic E-state index is -1.14. The fourth-order valence-electron chi connectivity index (χ4n) is 1.60. The Labute approximate surface area is 106 Å². The summed E-state index contributed by atoms with van der Waals surface area (Å²) in [5.74, 6) is -0.993. The van der Waals surface area contributed by atoms with Crippen LogP contribution in [-0.2, 0) is 16.0 Å². The summed E-state index contributed by atoms with van der Waals surface area (Å²) in [4.78, 5) is 11.4. The van der Waals surface area contributed by atoms with Crippen LogP contribution in [0, 0.1) is 5.92 Å². The molecule has 0 radical (unpaired) electrons. The monoisotopic (exact) mass is 256 g/mol. The Kier molecular flexibility index (Phi) is 4.54. The molecule has 1 aromatic carbocycles. The Morgan fingerprint density at radius 3 is 2.47 bits per heavy atom. The van der Waals surface area contributed by atoms with Crippen LogP contribution in [0.1, 0.15) is 19.4 Å². The molecule has 0 aliphatic carbocycles. The van der Waals surface area contributed by atoms with Gasteiger partial charge in [-0.15, -0.1) is 0 Å². The average Bonchev–Trinajstić information content (AvgIpc) is 2.30.